The second-order valence-corrected chi connectivity index (χ2v) is 5.54. The molecule has 0 amide bonds. The minimum absolute atomic E-state index is 0.747. The summed E-state index contributed by atoms with van der Waals surface area (Å²) in [7, 11) is 0. The van der Waals surface area contributed by atoms with Crippen LogP contribution in [0.25, 0.3) is 11.4 Å². The van der Waals surface area contributed by atoms with Gasteiger partial charge in [-0.05, 0) is 53.5 Å². The first-order valence-electron chi connectivity index (χ1n) is 6.73. The number of halogens is 1. The Hall–Kier alpha value is -1.62. The fraction of sp³-hybridized carbons (Fsp3) is 0.333. The first-order valence-corrected chi connectivity index (χ1v) is 7.52. The summed E-state index contributed by atoms with van der Waals surface area (Å²) in [5.41, 5.74) is 3.20. The van der Waals surface area contributed by atoms with E-state index in [0.29, 0.717) is 0 Å². The average molecular weight is 334 g/mol. The average Bonchev–Trinajstić information content (AvgIpc) is 2.91. The van der Waals surface area contributed by atoms with Gasteiger partial charge < -0.3 is 10.1 Å². The lowest BCUT2D eigenvalue weighted by molar-refractivity contribution is 0.357. The zero-order valence-electron chi connectivity index (χ0n) is 11.5. The quantitative estimate of drug-likeness (QED) is 0.932. The number of nitrogens with zero attached hydrogens (tertiary/aromatic N) is 2. The van der Waals surface area contributed by atoms with Gasteiger partial charge in [0.15, 0.2) is 5.82 Å². The molecule has 2 aromatic rings. The molecule has 1 aliphatic rings. The Bertz CT molecular complexity index is 658. The molecule has 3 rings (SSSR count). The molecule has 1 N–H and O–H groups in total. The first-order chi connectivity index (χ1) is 9.69. The van der Waals surface area contributed by atoms with Gasteiger partial charge in [0, 0.05) is 18.5 Å². The number of anilines is 1. The Morgan fingerprint density at radius 3 is 3.00 bits per heavy atom. The summed E-state index contributed by atoms with van der Waals surface area (Å²) in [6.45, 7) is 5.62. The number of aryl methyl sites for hydroxylation is 1. The van der Waals surface area contributed by atoms with Gasteiger partial charge in [0.2, 0.25) is 0 Å². The Balaban J connectivity index is 2.05. The smallest absolute Gasteiger partial charge is 0.161 e. The van der Waals surface area contributed by atoms with Crippen LogP contribution >= 0.6 is 15.9 Å². The van der Waals surface area contributed by atoms with Gasteiger partial charge in [0.25, 0.3) is 0 Å². The van der Waals surface area contributed by atoms with Gasteiger partial charge in [-0.1, -0.05) is 0 Å². The van der Waals surface area contributed by atoms with Crippen LogP contribution in [0.3, 0.4) is 0 Å². The van der Waals surface area contributed by atoms with Crippen LogP contribution in [-0.4, -0.2) is 23.1 Å². The predicted octanol–water partition coefficient (Wildman–Crippen LogP) is 3.58. The maximum atomic E-state index is 5.53. The monoisotopic (exact) mass is 333 g/mol. The van der Waals surface area contributed by atoms with Crippen LogP contribution in [-0.2, 0) is 6.42 Å². The lowest BCUT2D eigenvalue weighted by Crippen LogP contribution is -2.04. The van der Waals surface area contributed by atoms with E-state index in [1.54, 1.807) is 0 Å². The van der Waals surface area contributed by atoms with E-state index in [-0.39, 0.29) is 0 Å². The normalized spacial score (nSPS) is 12.9. The van der Waals surface area contributed by atoms with E-state index >= 15 is 0 Å². The Morgan fingerprint density at radius 1 is 1.35 bits per heavy atom. The molecule has 1 aliphatic heterocycles. The molecule has 1 aromatic heterocycles. The van der Waals surface area contributed by atoms with Crippen LogP contribution in [0.1, 0.15) is 18.2 Å². The largest absolute Gasteiger partial charge is 0.493 e. The van der Waals surface area contributed by atoms with Gasteiger partial charge in [0.05, 0.1) is 16.8 Å². The summed E-state index contributed by atoms with van der Waals surface area (Å²) in [5.74, 6) is 2.57. The van der Waals surface area contributed by atoms with Crippen molar-refractivity contribution in [1.29, 1.82) is 0 Å². The molecule has 1 aromatic carbocycles. The van der Waals surface area contributed by atoms with E-state index in [1.807, 2.05) is 19.1 Å². The minimum atomic E-state index is 0.747. The van der Waals surface area contributed by atoms with Gasteiger partial charge in [-0.15, -0.1) is 0 Å². The van der Waals surface area contributed by atoms with Crippen molar-refractivity contribution in [3.63, 3.8) is 0 Å². The Morgan fingerprint density at radius 2 is 2.20 bits per heavy atom. The van der Waals surface area contributed by atoms with Crippen LogP contribution in [0.5, 0.6) is 5.75 Å². The number of aromatic nitrogens is 2. The predicted molar refractivity (Wildman–Crippen MR) is 83.3 cm³/mol. The molecule has 0 saturated heterocycles. The second-order valence-electron chi connectivity index (χ2n) is 4.75. The molecule has 0 radical (unpaired) electrons. The SMILES string of the molecule is CCNc1nc(-c2ccc3c(c2)CCO3)nc(C)c1Br. The topological polar surface area (TPSA) is 47.0 Å². The van der Waals surface area contributed by atoms with Crippen LogP contribution in [0.2, 0.25) is 0 Å². The highest BCUT2D eigenvalue weighted by Gasteiger charge is 2.15. The summed E-state index contributed by atoms with van der Waals surface area (Å²) in [6, 6.07) is 6.15. The standard InChI is InChI=1S/C15H16BrN3O/c1-3-17-15-13(16)9(2)18-14(19-15)11-4-5-12-10(8-11)6-7-20-12/h4-5,8H,3,6-7H2,1-2H3,(H,17,18,19). The summed E-state index contributed by atoms with van der Waals surface area (Å²) < 4.78 is 6.46. The lowest BCUT2D eigenvalue weighted by Gasteiger charge is -2.10. The van der Waals surface area contributed by atoms with Crippen molar-refractivity contribution in [2.45, 2.75) is 20.3 Å². The number of hydrogen-bond donors (Lipinski definition) is 1. The number of fused-ring (bicyclic) bond motifs is 1. The summed E-state index contributed by atoms with van der Waals surface area (Å²) in [6.07, 6.45) is 0.957. The maximum Gasteiger partial charge on any atom is 0.161 e. The third-order valence-electron chi connectivity index (χ3n) is 3.31. The molecule has 5 heteroatoms. The molecule has 104 valence electrons. The number of ether oxygens (including phenoxy) is 1. The van der Waals surface area contributed by atoms with Crippen molar-refractivity contribution in [2.75, 3.05) is 18.5 Å². The minimum Gasteiger partial charge on any atom is -0.493 e. The zero-order chi connectivity index (χ0) is 14.1. The zero-order valence-corrected chi connectivity index (χ0v) is 13.1. The van der Waals surface area contributed by atoms with Gasteiger partial charge in [-0.25, -0.2) is 9.97 Å². The molecule has 2 heterocycles. The van der Waals surface area contributed by atoms with E-state index in [4.69, 9.17) is 4.74 Å². The van der Waals surface area contributed by atoms with Gasteiger partial charge >= 0.3 is 0 Å². The highest BCUT2D eigenvalue weighted by molar-refractivity contribution is 9.10. The van der Waals surface area contributed by atoms with Gasteiger partial charge in [-0.3, -0.25) is 0 Å². The third-order valence-corrected chi connectivity index (χ3v) is 4.26. The fourth-order valence-electron chi connectivity index (χ4n) is 2.30. The van der Waals surface area contributed by atoms with Gasteiger partial charge in [-0.2, -0.15) is 0 Å². The highest BCUT2D eigenvalue weighted by atomic mass is 79.9. The summed E-state index contributed by atoms with van der Waals surface area (Å²) >= 11 is 3.53. The van der Waals surface area contributed by atoms with Crippen LogP contribution in [0.15, 0.2) is 22.7 Å². The van der Waals surface area contributed by atoms with Crippen molar-refractivity contribution in [1.82, 2.24) is 9.97 Å². The number of hydrogen-bond acceptors (Lipinski definition) is 4. The van der Waals surface area contributed by atoms with Gasteiger partial charge in [0.1, 0.15) is 11.6 Å². The summed E-state index contributed by atoms with van der Waals surface area (Å²) in [4.78, 5) is 9.18. The lowest BCUT2D eigenvalue weighted by atomic mass is 10.1. The van der Waals surface area contributed by atoms with E-state index in [9.17, 15) is 0 Å². The molecule has 0 fully saturated rings. The Labute approximate surface area is 126 Å². The fourth-order valence-corrected chi connectivity index (χ4v) is 2.62. The molecule has 0 unspecified atom stereocenters. The van der Waals surface area contributed by atoms with E-state index < -0.39 is 0 Å². The van der Waals surface area contributed by atoms with Crippen molar-refractivity contribution in [3.8, 4) is 17.1 Å². The molecule has 0 saturated carbocycles. The molecule has 0 aliphatic carbocycles. The van der Waals surface area contributed by atoms with Crippen LogP contribution in [0, 0.1) is 6.92 Å². The van der Waals surface area contributed by atoms with Crippen molar-refractivity contribution >= 4 is 21.7 Å². The van der Waals surface area contributed by atoms with Crippen molar-refractivity contribution in [3.05, 3.63) is 33.9 Å². The van der Waals surface area contributed by atoms with Crippen molar-refractivity contribution < 1.29 is 4.74 Å². The molecular formula is C15H16BrN3O. The molecule has 4 nitrogen and oxygen atoms in total. The summed E-state index contributed by atoms with van der Waals surface area (Å²) in [5, 5.41) is 3.26. The van der Waals surface area contributed by atoms with Crippen molar-refractivity contribution in [2.24, 2.45) is 0 Å². The Kier molecular flexibility index (Phi) is 3.61. The molecule has 0 atom stereocenters. The van der Waals surface area contributed by atoms with E-state index in [1.165, 1.54) is 5.56 Å². The molecule has 0 bridgehead atoms. The van der Waals surface area contributed by atoms with E-state index in [2.05, 4.69) is 44.2 Å². The first kappa shape index (κ1) is 13.4. The van der Waals surface area contributed by atoms with E-state index in [0.717, 1.165) is 52.7 Å². The second kappa shape index (κ2) is 5.40. The van der Waals surface area contributed by atoms with Crippen LogP contribution < -0.4 is 10.1 Å². The molecule has 20 heavy (non-hydrogen) atoms. The maximum absolute atomic E-state index is 5.53. The number of benzene rings is 1. The highest BCUT2D eigenvalue weighted by Crippen LogP contribution is 2.31. The molecule has 0 spiro atoms. The molecular weight excluding hydrogens is 318 g/mol. The number of nitrogens with one attached hydrogen (secondary N) is 1. The number of rotatable bonds is 3. The van der Waals surface area contributed by atoms with Crippen LogP contribution in [0.4, 0.5) is 5.82 Å². The third kappa shape index (κ3) is 2.38.